The van der Waals surface area contributed by atoms with Gasteiger partial charge in [0.05, 0.1) is 12.6 Å². The molecule has 27 heavy (non-hydrogen) atoms. The fourth-order valence-electron chi connectivity index (χ4n) is 3.08. The molecule has 8 nitrogen and oxygen atoms in total. The largest absolute Gasteiger partial charge is 0.451 e. The third-order valence-electron chi connectivity index (χ3n) is 4.47. The number of nitrogens with one attached hydrogen (secondary N) is 3. The van der Waals surface area contributed by atoms with Crippen molar-refractivity contribution in [1.29, 1.82) is 5.26 Å². The average Bonchev–Trinajstić information content (AvgIpc) is 3.11. The summed E-state index contributed by atoms with van der Waals surface area (Å²) in [5.41, 5.74) is 0.586. The van der Waals surface area contributed by atoms with Crippen LogP contribution in [0.4, 0.5) is 0 Å². The maximum atomic E-state index is 12.1. The first-order valence-electron chi connectivity index (χ1n) is 8.80. The van der Waals surface area contributed by atoms with Gasteiger partial charge < -0.3 is 20.4 Å². The van der Waals surface area contributed by atoms with Crippen LogP contribution in [0.5, 0.6) is 0 Å². The highest BCUT2D eigenvalue weighted by Gasteiger charge is 2.26. The van der Waals surface area contributed by atoms with Crippen LogP contribution in [0.3, 0.4) is 0 Å². The smallest absolute Gasteiger partial charge is 0.287 e. The second-order valence-electron chi connectivity index (χ2n) is 6.45. The van der Waals surface area contributed by atoms with Crippen LogP contribution < -0.4 is 16.0 Å². The summed E-state index contributed by atoms with van der Waals surface area (Å²) in [7, 11) is 0. The molecule has 0 radical (unpaired) electrons. The molecule has 1 aromatic heterocycles. The van der Waals surface area contributed by atoms with Gasteiger partial charge in [0.15, 0.2) is 5.76 Å². The Bertz CT molecular complexity index is 865. The number of rotatable bonds is 6. The lowest BCUT2D eigenvalue weighted by Gasteiger charge is -2.23. The molecule has 3 N–H and O–H groups in total. The van der Waals surface area contributed by atoms with E-state index in [1.807, 2.05) is 18.2 Å². The van der Waals surface area contributed by atoms with Crippen molar-refractivity contribution in [2.24, 2.45) is 5.92 Å². The van der Waals surface area contributed by atoms with Gasteiger partial charge in [-0.05, 0) is 31.4 Å². The summed E-state index contributed by atoms with van der Waals surface area (Å²) >= 11 is 0. The SMILES string of the molecule is N#C[C@H](C[C@@H]1CCCNC1=O)NC(=O)CNC(=O)c1cc2ccccc2o1. The number of nitriles is 1. The lowest BCUT2D eigenvalue weighted by Crippen LogP contribution is -2.44. The number of carbonyl (C=O) groups excluding carboxylic acids is 3. The fraction of sp³-hybridized carbons (Fsp3) is 0.368. The van der Waals surface area contributed by atoms with E-state index in [1.54, 1.807) is 18.2 Å². The summed E-state index contributed by atoms with van der Waals surface area (Å²) in [6.07, 6.45) is 1.81. The number of hydrogen-bond acceptors (Lipinski definition) is 5. The van der Waals surface area contributed by atoms with Crippen molar-refractivity contribution in [3.63, 3.8) is 0 Å². The molecule has 0 unspecified atom stereocenters. The molecule has 0 bridgehead atoms. The highest BCUT2D eigenvalue weighted by molar-refractivity contribution is 5.97. The minimum Gasteiger partial charge on any atom is -0.451 e. The van der Waals surface area contributed by atoms with Gasteiger partial charge in [0.2, 0.25) is 11.8 Å². The molecule has 1 aromatic carbocycles. The van der Waals surface area contributed by atoms with Crippen LogP contribution in [-0.2, 0) is 9.59 Å². The number of amides is 3. The summed E-state index contributed by atoms with van der Waals surface area (Å²) in [5, 5.41) is 17.8. The predicted octanol–water partition coefficient (Wildman–Crippen LogP) is 1.09. The van der Waals surface area contributed by atoms with Crippen molar-refractivity contribution in [3.8, 4) is 6.07 Å². The normalized spacial score (nSPS) is 17.6. The molecular formula is C19H20N4O4. The van der Waals surface area contributed by atoms with Gasteiger partial charge >= 0.3 is 0 Å². The molecule has 2 heterocycles. The number of piperidine rings is 1. The molecule has 1 aliphatic rings. The van der Waals surface area contributed by atoms with E-state index in [0.717, 1.165) is 11.8 Å². The molecule has 1 saturated heterocycles. The van der Waals surface area contributed by atoms with Crippen LogP contribution in [0.1, 0.15) is 29.8 Å². The zero-order valence-corrected chi connectivity index (χ0v) is 14.7. The van der Waals surface area contributed by atoms with Crippen molar-refractivity contribution in [2.45, 2.75) is 25.3 Å². The number of nitrogens with zero attached hydrogens (tertiary/aromatic N) is 1. The van der Waals surface area contributed by atoms with Crippen molar-refractivity contribution in [1.82, 2.24) is 16.0 Å². The van der Waals surface area contributed by atoms with Crippen molar-refractivity contribution in [2.75, 3.05) is 13.1 Å². The number of para-hydroxylation sites is 1. The fourth-order valence-corrected chi connectivity index (χ4v) is 3.08. The topological polar surface area (TPSA) is 124 Å². The first kappa shape index (κ1) is 18.5. The number of furan rings is 1. The van der Waals surface area contributed by atoms with Gasteiger partial charge in [0.1, 0.15) is 11.6 Å². The molecule has 2 aromatic rings. The van der Waals surface area contributed by atoms with Crippen molar-refractivity contribution in [3.05, 3.63) is 36.1 Å². The maximum absolute atomic E-state index is 12.1. The number of fused-ring (bicyclic) bond motifs is 1. The Morgan fingerprint density at radius 2 is 2.19 bits per heavy atom. The second kappa shape index (κ2) is 8.36. The molecule has 8 heteroatoms. The lowest BCUT2D eigenvalue weighted by atomic mass is 9.92. The van der Waals surface area contributed by atoms with E-state index in [9.17, 15) is 19.6 Å². The molecule has 0 spiro atoms. The third-order valence-corrected chi connectivity index (χ3v) is 4.47. The van der Waals surface area contributed by atoms with Gasteiger partial charge in [0.25, 0.3) is 5.91 Å². The Morgan fingerprint density at radius 1 is 1.37 bits per heavy atom. The maximum Gasteiger partial charge on any atom is 0.287 e. The van der Waals surface area contributed by atoms with Crippen LogP contribution in [0.2, 0.25) is 0 Å². The van der Waals surface area contributed by atoms with Crippen molar-refractivity contribution < 1.29 is 18.8 Å². The number of carbonyl (C=O) groups is 3. The van der Waals surface area contributed by atoms with E-state index in [-0.39, 0.29) is 30.6 Å². The standard InChI is InChI=1S/C19H20N4O4/c20-10-14(8-13-5-3-7-21-18(13)25)23-17(24)11-22-19(26)16-9-12-4-1-2-6-15(12)27-16/h1-2,4,6,9,13-14H,3,5,7-8,11H2,(H,21,25)(H,22,26)(H,23,24)/t13-,14-/m0/s1. The summed E-state index contributed by atoms with van der Waals surface area (Å²) in [6.45, 7) is 0.359. The predicted molar refractivity (Wildman–Crippen MR) is 96.4 cm³/mol. The van der Waals surface area contributed by atoms with Crippen LogP contribution in [0, 0.1) is 17.2 Å². The van der Waals surface area contributed by atoms with Crippen LogP contribution in [-0.4, -0.2) is 36.9 Å². The minimum absolute atomic E-state index is 0.0889. The Kier molecular flexibility index (Phi) is 5.71. The Balaban J connectivity index is 1.49. The van der Waals surface area contributed by atoms with Gasteiger partial charge in [-0.2, -0.15) is 5.26 Å². The first-order valence-corrected chi connectivity index (χ1v) is 8.80. The monoisotopic (exact) mass is 368 g/mol. The molecule has 1 aliphatic heterocycles. The molecule has 140 valence electrons. The zero-order chi connectivity index (χ0) is 19.2. The van der Waals surface area contributed by atoms with Gasteiger partial charge in [-0.1, -0.05) is 18.2 Å². The quantitative estimate of drug-likeness (QED) is 0.704. The highest BCUT2D eigenvalue weighted by Crippen LogP contribution is 2.19. The van der Waals surface area contributed by atoms with Crippen LogP contribution in [0.15, 0.2) is 34.7 Å². The Hall–Kier alpha value is -3.34. The van der Waals surface area contributed by atoms with Crippen LogP contribution in [0.25, 0.3) is 11.0 Å². The highest BCUT2D eigenvalue weighted by atomic mass is 16.3. The van der Waals surface area contributed by atoms with E-state index >= 15 is 0 Å². The molecule has 2 atom stereocenters. The second-order valence-corrected chi connectivity index (χ2v) is 6.45. The van der Waals surface area contributed by atoms with Gasteiger partial charge in [-0.25, -0.2) is 0 Å². The summed E-state index contributed by atoms with van der Waals surface area (Å²) in [5.74, 6) is -1.27. The molecule has 0 saturated carbocycles. The molecule has 3 rings (SSSR count). The van der Waals surface area contributed by atoms with E-state index in [2.05, 4.69) is 16.0 Å². The average molecular weight is 368 g/mol. The van der Waals surface area contributed by atoms with E-state index in [4.69, 9.17) is 4.42 Å². The molecule has 1 fully saturated rings. The molecular weight excluding hydrogens is 348 g/mol. The summed E-state index contributed by atoms with van der Waals surface area (Å²) < 4.78 is 5.44. The Morgan fingerprint density at radius 3 is 2.93 bits per heavy atom. The number of hydrogen-bond donors (Lipinski definition) is 3. The minimum atomic E-state index is -0.783. The van der Waals surface area contributed by atoms with Crippen LogP contribution >= 0.6 is 0 Å². The van der Waals surface area contributed by atoms with E-state index in [1.165, 1.54) is 0 Å². The first-order chi connectivity index (χ1) is 13.1. The van der Waals surface area contributed by atoms with E-state index in [0.29, 0.717) is 18.5 Å². The lowest BCUT2D eigenvalue weighted by molar-refractivity contribution is -0.127. The summed E-state index contributed by atoms with van der Waals surface area (Å²) in [6, 6.07) is 10.0. The third kappa shape index (κ3) is 4.64. The van der Waals surface area contributed by atoms with Gasteiger partial charge in [0, 0.05) is 17.8 Å². The Labute approximate surface area is 155 Å². The zero-order valence-electron chi connectivity index (χ0n) is 14.7. The van der Waals surface area contributed by atoms with Gasteiger partial charge in [-0.15, -0.1) is 0 Å². The van der Waals surface area contributed by atoms with Crippen molar-refractivity contribution >= 4 is 28.7 Å². The summed E-state index contributed by atoms with van der Waals surface area (Å²) in [4.78, 5) is 35.9. The van der Waals surface area contributed by atoms with E-state index < -0.39 is 17.9 Å². The number of benzene rings is 1. The van der Waals surface area contributed by atoms with Gasteiger partial charge in [-0.3, -0.25) is 14.4 Å². The molecule has 3 amide bonds. The molecule has 0 aliphatic carbocycles.